The number of nitrogens with one attached hydrogen (secondary N) is 1. The molecule has 0 spiro atoms. The van der Waals surface area contributed by atoms with Gasteiger partial charge in [-0.15, -0.1) is 0 Å². The van der Waals surface area contributed by atoms with Gasteiger partial charge in [-0.25, -0.2) is 9.97 Å². The lowest BCUT2D eigenvalue weighted by molar-refractivity contribution is 1.06. The highest BCUT2D eigenvalue weighted by molar-refractivity contribution is 14.1. The minimum absolute atomic E-state index is 0.708. The molecule has 0 fully saturated rings. The van der Waals surface area contributed by atoms with Crippen LogP contribution in [0.15, 0.2) is 30.6 Å². The summed E-state index contributed by atoms with van der Waals surface area (Å²) in [5, 5.41) is 4.07. The molecule has 0 atom stereocenters. The van der Waals surface area contributed by atoms with Crippen molar-refractivity contribution in [1.29, 1.82) is 0 Å². The summed E-state index contributed by atoms with van der Waals surface area (Å²) in [6.07, 6.45) is 1.56. The summed E-state index contributed by atoms with van der Waals surface area (Å²) in [5.41, 5.74) is 2.10. The molecular weight excluding hydrogens is 463 g/mol. The van der Waals surface area contributed by atoms with Gasteiger partial charge in [-0.05, 0) is 62.9 Å². The molecule has 3 nitrogen and oxygen atoms in total. The zero-order valence-corrected chi connectivity index (χ0v) is 13.7. The summed E-state index contributed by atoms with van der Waals surface area (Å²) in [6.45, 7) is 0.708. The summed E-state index contributed by atoms with van der Waals surface area (Å²) in [5.74, 6) is 0. The number of hydrogen-bond donors (Lipinski definition) is 1. The number of rotatable bonds is 3. The molecule has 2 rings (SSSR count). The first-order chi connectivity index (χ1) is 8.16. The van der Waals surface area contributed by atoms with Crippen molar-refractivity contribution in [2.75, 3.05) is 5.32 Å². The Morgan fingerprint density at radius 1 is 1.18 bits per heavy atom. The molecule has 0 saturated carbocycles. The zero-order chi connectivity index (χ0) is 12.3. The van der Waals surface area contributed by atoms with Crippen molar-refractivity contribution in [3.05, 3.63) is 48.6 Å². The molecule has 1 N–H and O–H groups in total. The van der Waals surface area contributed by atoms with Gasteiger partial charge in [0.15, 0.2) is 0 Å². The van der Waals surface area contributed by atoms with Gasteiger partial charge in [0.1, 0.15) is 13.7 Å². The maximum absolute atomic E-state index is 5.93. The molecule has 0 radical (unpaired) electrons. The molecule has 1 aromatic carbocycles. The summed E-state index contributed by atoms with van der Waals surface area (Å²) < 4.78 is 1.84. The molecule has 0 amide bonds. The van der Waals surface area contributed by atoms with E-state index in [0.717, 1.165) is 23.7 Å². The van der Waals surface area contributed by atoms with Crippen LogP contribution in [-0.2, 0) is 6.54 Å². The molecule has 0 aliphatic carbocycles. The zero-order valence-electron chi connectivity index (χ0n) is 8.62. The number of halogens is 3. The highest BCUT2D eigenvalue weighted by Gasteiger charge is 2.06. The van der Waals surface area contributed by atoms with Crippen LogP contribution in [0.3, 0.4) is 0 Å². The van der Waals surface area contributed by atoms with Gasteiger partial charge in [-0.2, -0.15) is 0 Å². The lowest BCUT2D eigenvalue weighted by Crippen LogP contribution is -2.05. The second-order valence-electron chi connectivity index (χ2n) is 3.31. The minimum atomic E-state index is 0.708. The van der Waals surface area contributed by atoms with Crippen molar-refractivity contribution in [2.24, 2.45) is 0 Å². The minimum Gasteiger partial charge on any atom is -0.377 e. The monoisotopic (exact) mass is 471 g/mol. The second kappa shape index (κ2) is 6.14. The molecule has 0 unspecified atom stereocenters. The van der Waals surface area contributed by atoms with Crippen LogP contribution in [0.5, 0.6) is 0 Å². The van der Waals surface area contributed by atoms with Crippen molar-refractivity contribution < 1.29 is 0 Å². The van der Waals surface area contributed by atoms with Crippen molar-refractivity contribution in [2.45, 2.75) is 6.54 Å². The van der Waals surface area contributed by atoms with Gasteiger partial charge in [0.05, 0.1) is 5.69 Å². The van der Waals surface area contributed by atoms with E-state index in [0.29, 0.717) is 6.54 Å². The van der Waals surface area contributed by atoms with Crippen molar-refractivity contribution >= 4 is 62.5 Å². The topological polar surface area (TPSA) is 37.8 Å². The van der Waals surface area contributed by atoms with E-state index in [1.165, 1.54) is 0 Å². The third-order valence-corrected chi connectivity index (χ3v) is 3.98. The lowest BCUT2D eigenvalue weighted by atomic mass is 10.2. The number of hydrogen-bond acceptors (Lipinski definition) is 3. The van der Waals surface area contributed by atoms with Crippen LogP contribution in [0.4, 0.5) is 5.69 Å². The standard InChI is InChI=1S/C11H8ClI2N3/c12-8-3-1-2-7(4-8)5-15-9-10(13)16-6-17-11(9)14/h1-4,6,15H,5H2. The van der Waals surface area contributed by atoms with Crippen molar-refractivity contribution in [3.8, 4) is 0 Å². The van der Waals surface area contributed by atoms with Crippen LogP contribution in [0.25, 0.3) is 0 Å². The number of aromatic nitrogens is 2. The fraction of sp³-hybridized carbons (Fsp3) is 0.0909. The molecule has 0 aliphatic rings. The Bertz CT molecular complexity index is 514. The molecule has 17 heavy (non-hydrogen) atoms. The van der Waals surface area contributed by atoms with Gasteiger partial charge in [0, 0.05) is 11.6 Å². The number of nitrogens with zero attached hydrogens (tertiary/aromatic N) is 2. The molecule has 6 heteroatoms. The number of benzene rings is 1. The Morgan fingerprint density at radius 2 is 1.88 bits per heavy atom. The predicted octanol–water partition coefficient (Wildman–Crippen LogP) is 3.95. The Labute approximate surface area is 132 Å². The SMILES string of the molecule is Clc1cccc(CNc2c(I)ncnc2I)c1. The third kappa shape index (κ3) is 3.65. The van der Waals surface area contributed by atoms with E-state index in [1.54, 1.807) is 6.33 Å². The summed E-state index contributed by atoms with van der Waals surface area (Å²) in [4.78, 5) is 8.30. The average molecular weight is 471 g/mol. The smallest absolute Gasteiger partial charge is 0.128 e. The molecule has 0 saturated heterocycles. The van der Waals surface area contributed by atoms with Crippen LogP contribution in [-0.4, -0.2) is 9.97 Å². The van der Waals surface area contributed by atoms with Crippen LogP contribution in [0, 0.1) is 7.40 Å². The Hall–Kier alpha value is -0.150. The van der Waals surface area contributed by atoms with Crippen LogP contribution in [0.1, 0.15) is 5.56 Å². The van der Waals surface area contributed by atoms with Gasteiger partial charge in [0.2, 0.25) is 0 Å². The van der Waals surface area contributed by atoms with E-state index >= 15 is 0 Å². The van der Waals surface area contributed by atoms with Gasteiger partial charge in [0.25, 0.3) is 0 Å². The first-order valence-electron chi connectivity index (χ1n) is 4.81. The van der Waals surface area contributed by atoms with E-state index in [4.69, 9.17) is 11.6 Å². The Morgan fingerprint density at radius 3 is 2.53 bits per heavy atom. The van der Waals surface area contributed by atoms with Crippen molar-refractivity contribution in [3.63, 3.8) is 0 Å². The molecule has 88 valence electrons. The maximum Gasteiger partial charge on any atom is 0.128 e. The molecule has 1 heterocycles. The summed E-state index contributed by atoms with van der Waals surface area (Å²) in [7, 11) is 0. The largest absolute Gasteiger partial charge is 0.377 e. The molecule has 0 aliphatic heterocycles. The van der Waals surface area contributed by atoms with E-state index < -0.39 is 0 Å². The second-order valence-corrected chi connectivity index (χ2v) is 5.79. The first kappa shape index (κ1) is 13.3. The quantitative estimate of drug-likeness (QED) is 0.544. The normalized spacial score (nSPS) is 10.3. The maximum atomic E-state index is 5.93. The number of anilines is 1. The van der Waals surface area contributed by atoms with Gasteiger partial charge >= 0.3 is 0 Å². The van der Waals surface area contributed by atoms with Gasteiger partial charge in [-0.1, -0.05) is 23.7 Å². The average Bonchev–Trinajstić information content (AvgIpc) is 2.28. The predicted molar refractivity (Wildman–Crippen MR) is 86.2 cm³/mol. The van der Waals surface area contributed by atoms with Gasteiger partial charge < -0.3 is 5.32 Å². The Kier molecular flexibility index (Phi) is 4.80. The summed E-state index contributed by atoms with van der Waals surface area (Å²) >= 11 is 10.3. The lowest BCUT2D eigenvalue weighted by Gasteiger charge is -2.09. The molecule has 2 aromatic rings. The van der Waals surface area contributed by atoms with Crippen LogP contribution < -0.4 is 5.32 Å². The molecular formula is C11H8ClI2N3. The summed E-state index contributed by atoms with van der Waals surface area (Å²) in [6, 6.07) is 7.78. The van der Waals surface area contributed by atoms with Crippen molar-refractivity contribution in [1.82, 2.24) is 9.97 Å². The molecule has 1 aromatic heterocycles. The van der Waals surface area contributed by atoms with E-state index in [-0.39, 0.29) is 0 Å². The Balaban J connectivity index is 2.13. The van der Waals surface area contributed by atoms with E-state index in [2.05, 4.69) is 60.5 Å². The highest BCUT2D eigenvalue weighted by atomic mass is 127. The molecule has 0 bridgehead atoms. The fourth-order valence-corrected chi connectivity index (χ4v) is 3.20. The van der Waals surface area contributed by atoms with E-state index in [9.17, 15) is 0 Å². The van der Waals surface area contributed by atoms with E-state index in [1.807, 2.05) is 24.3 Å². The van der Waals surface area contributed by atoms with Crippen LogP contribution >= 0.6 is 56.8 Å². The van der Waals surface area contributed by atoms with Crippen LogP contribution in [0.2, 0.25) is 5.02 Å². The fourth-order valence-electron chi connectivity index (χ4n) is 1.33. The third-order valence-electron chi connectivity index (χ3n) is 2.11. The van der Waals surface area contributed by atoms with Gasteiger partial charge in [-0.3, -0.25) is 0 Å². The first-order valence-corrected chi connectivity index (χ1v) is 7.34. The highest BCUT2D eigenvalue weighted by Crippen LogP contribution is 2.21.